The van der Waals surface area contributed by atoms with E-state index in [1.165, 1.54) is 12.1 Å². The molecule has 104 valence electrons. The first-order chi connectivity index (χ1) is 10.1. The maximum Gasteiger partial charge on any atom is 0.224 e. The number of hydrogen-bond acceptors (Lipinski definition) is 4. The van der Waals surface area contributed by atoms with Crippen molar-refractivity contribution in [2.75, 3.05) is 5.73 Å². The van der Waals surface area contributed by atoms with Gasteiger partial charge in [-0.15, -0.1) is 0 Å². The highest BCUT2D eigenvalue weighted by Gasteiger charge is 2.11. The molecule has 0 radical (unpaired) electrons. The van der Waals surface area contributed by atoms with E-state index in [2.05, 4.69) is 15.0 Å². The Bertz CT molecular complexity index is 788. The van der Waals surface area contributed by atoms with Crippen LogP contribution in [0, 0.1) is 12.7 Å². The number of hydrogen-bond donors (Lipinski definition) is 1. The number of rotatable bonds is 2. The average Bonchev–Trinajstić information content (AvgIpc) is 2.47. The van der Waals surface area contributed by atoms with E-state index < -0.39 is 0 Å². The fraction of sp³-hybridized carbons (Fsp3) is 0.0625. The molecule has 0 saturated heterocycles. The van der Waals surface area contributed by atoms with Gasteiger partial charge in [-0.1, -0.05) is 30.3 Å². The zero-order valence-corrected chi connectivity index (χ0v) is 11.4. The molecule has 0 atom stereocenters. The Kier molecular flexibility index (Phi) is 3.31. The van der Waals surface area contributed by atoms with Crippen LogP contribution in [0.25, 0.3) is 22.8 Å². The summed E-state index contributed by atoms with van der Waals surface area (Å²) in [6, 6.07) is 14.0. The van der Waals surface area contributed by atoms with Gasteiger partial charge in [-0.05, 0) is 30.7 Å². The summed E-state index contributed by atoms with van der Waals surface area (Å²) < 4.78 is 13.2. The van der Waals surface area contributed by atoms with Crippen LogP contribution in [-0.4, -0.2) is 15.0 Å². The van der Waals surface area contributed by atoms with Crippen LogP contribution in [0.5, 0.6) is 0 Å². The Balaban J connectivity index is 2.14. The average molecular weight is 280 g/mol. The lowest BCUT2D eigenvalue weighted by atomic mass is 10.1. The van der Waals surface area contributed by atoms with Crippen molar-refractivity contribution in [1.29, 1.82) is 0 Å². The van der Waals surface area contributed by atoms with E-state index in [9.17, 15) is 4.39 Å². The van der Waals surface area contributed by atoms with Gasteiger partial charge in [-0.2, -0.15) is 9.97 Å². The minimum absolute atomic E-state index is 0.141. The van der Waals surface area contributed by atoms with Crippen LogP contribution in [0.15, 0.2) is 48.5 Å². The minimum atomic E-state index is -0.290. The zero-order chi connectivity index (χ0) is 14.8. The molecular formula is C16H13FN4. The van der Waals surface area contributed by atoms with Crippen molar-refractivity contribution >= 4 is 5.95 Å². The number of nitrogen functional groups attached to an aromatic ring is 1. The first-order valence-electron chi connectivity index (χ1n) is 6.47. The number of halogens is 1. The lowest BCUT2D eigenvalue weighted by Gasteiger charge is -2.07. The fourth-order valence-electron chi connectivity index (χ4n) is 2.11. The highest BCUT2D eigenvalue weighted by atomic mass is 19.1. The maximum atomic E-state index is 13.2. The van der Waals surface area contributed by atoms with Gasteiger partial charge in [0.1, 0.15) is 5.82 Å². The molecule has 0 fully saturated rings. The van der Waals surface area contributed by atoms with Gasteiger partial charge in [0.05, 0.1) is 0 Å². The molecule has 3 rings (SSSR count). The fourth-order valence-corrected chi connectivity index (χ4v) is 2.11. The molecule has 1 heterocycles. The molecule has 0 aliphatic rings. The molecule has 0 saturated carbocycles. The van der Waals surface area contributed by atoms with Gasteiger partial charge in [-0.25, -0.2) is 9.37 Å². The molecule has 4 nitrogen and oxygen atoms in total. The summed E-state index contributed by atoms with van der Waals surface area (Å²) in [5, 5.41) is 0. The van der Waals surface area contributed by atoms with E-state index in [0.29, 0.717) is 11.6 Å². The Hall–Kier alpha value is -2.82. The minimum Gasteiger partial charge on any atom is -0.368 e. The largest absolute Gasteiger partial charge is 0.368 e. The van der Waals surface area contributed by atoms with Crippen molar-refractivity contribution < 1.29 is 4.39 Å². The van der Waals surface area contributed by atoms with Crippen molar-refractivity contribution in [2.24, 2.45) is 0 Å². The molecule has 0 bridgehead atoms. The van der Waals surface area contributed by atoms with Crippen LogP contribution in [0.4, 0.5) is 10.3 Å². The Morgan fingerprint density at radius 1 is 0.905 bits per heavy atom. The lowest BCUT2D eigenvalue weighted by molar-refractivity contribution is 0.627. The molecule has 0 unspecified atom stereocenters. The van der Waals surface area contributed by atoms with Gasteiger partial charge in [0, 0.05) is 11.1 Å². The maximum absolute atomic E-state index is 13.2. The normalized spacial score (nSPS) is 10.6. The molecule has 1 aromatic heterocycles. The molecule has 0 spiro atoms. The molecule has 0 aliphatic heterocycles. The van der Waals surface area contributed by atoms with Crippen LogP contribution in [0.1, 0.15) is 5.56 Å². The van der Waals surface area contributed by atoms with E-state index in [4.69, 9.17) is 5.73 Å². The summed E-state index contributed by atoms with van der Waals surface area (Å²) in [7, 11) is 0. The molecule has 5 heteroatoms. The Labute approximate surface area is 121 Å². The predicted molar refractivity (Wildman–Crippen MR) is 79.8 cm³/mol. The van der Waals surface area contributed by atoms with Crippen LogP contribution < -0.4 is 5.73 Å². The van der Waals surface area contributed by atoms with E-state index in [0.717, 1.165) is 16.7 Å². The van der Waals surface area contributed by atoms with Gasteiger partial charge in [0.25, 0.3) is 0 Å². The lowest BCUT2D eigenvalue weighted by Crippen LogP contribution is -2.03. The monoisotopic (exact) mass is 280 g/mol. The van der Waals surface area contributed by atoms with Crippen LogP contribution in [0.2, 0.25) is 0 Å². The quantitative estimate of drug-likeness (QED) is 0.782. The highest BCUT2D eigenvalue weighted by molar-refractivity contribution is 5.64. The molecule has 0 aliphatic carbocycles. The Morgan fingerprint density at radius 2 is 1.62 bits per heavy atom. The number of aromatic nitrogens is 3. The third-order valence-corrected chi connectivity index (χ3v) is 3.11. The summed E-state index contributed by atoms with van der Waals surface area (Å²) in [6.45, 7) is 1.81. The molecule has 2 aromatic carbocycles. The highest BCUT2D eigenvalue weighted by Crippen LogP contribution is 2.23. The SMILES string of the molecule is Cc1cc(F)ccc1-c1nc(N)nc(-c2ccccc2)n1. The van der Waals surface area contributed by atoms with Gasteiger partial charge in [-0.3, -0.25) is 0 Å². The zero-order valence-electron chi connectivity index (χ0n) is 11.4. The van der Waals surface area contributed by atoms with Gasteiger partial charge >= 0.3 is 0 Å². The summed E-state index contributed by atoms with van der Waals surface area (Å²) in [5.74, 6) is 0.796. The van der Waals surface area contributed by atoms with Crippen LogP contribution in [0.3, 0.4) is 0 Å². The van der Waals surface area contributed by atoms with E-state index in [1.807, 2.05) is 30.3 Å². The third-order valence-electron chi connectivity index (χ3n) is 3.11. The van der Waals surface area contributed by atoms with Gasteiger partial charge in [0.2, 0.25) is 5.95 Å². The first-order valence-corrected chi connectivity index (χ1v) is 6.47. The second kappa shape index (κ2) is 5.28. The Morgan fingerprint density at radius 3 is 2.33 bits per heavy atom. The van der Waals surface area contributed by atoms with Crippen molar-refractivity contribution in [3.05, 3.63) is 59.9 Å². The van der Waals surface area contributed by atoms with Crippen molar-refractivity contribution in [3.8, 4) is 22.8 Å². The number of nitrogens with two attached hydrogens (primary N) is 1. The van der Waals surface area contributed by atoms with Gasteiger partial charge < -0.3 is 5.73 Å². The van der Waals surface area contributed by atoms with Crippen LogP contribution >= 0.6 is 0 Å². The predicted octanol–water partition coefficient (Wildman–Crippen LogP) is 3.24. The second-order valence-corrected chi connectivity index (χ2v) is 4.67. The molecule has 3 aromatic rings. The number of aryl methyl sites for hydroxylation is 1. The third kappa shape index (κ3) is 2.72. The van der Waals surface area contributed by atoms with E-state index in [1.54, 1.807) is 13.0 Å². The molecular weight excluding hydrogens is 267 g/mol. The van der Waals surface area contributed by atoms with E-state index >= 15 is 0 Å². The smallest absolute Gasteiger partial charge is 0.224 e. The summed E-state index contributed by atoms with van der Waals surface area (Å²) in [4.78, 5) is 12.8. The van der Waals surface area contributed by atoms with Crippen LogP contribution in [-0.2, 0) is 0 Å². The van der Waals surface area contributed by atoms with Crippen molar-refractivity contribution in [3.63, 3.8) is 0 Å². The topological polar surface area (TPSA) is 64.7 Å². The molecule has 0 amide bonds. The summed E-state index contributed by atoms with van der Waals surface area (Å²) >= 11 is 0. The van der Waals surface area contributed by atoms with E-state index in [-0.39, 0.29) is 11.8 Å². The number of benzene rings is 2. The summed E-state index contributed by atoms with van der Waals surface area (Å²) in [5.41, 5.74) is 8.12. The second-order valence-electron chi connectivity index (χ2n) is 4.67. The molecule has 21 heavy (non-hydrogen) atoms. The first kappa shape index (κ1) is 13.2. The standard InChI is InChI=1S/C16H13FN4/c1-10-9-12(17)7-8-13(10)15-19-14(20-16(18)21-15)11-5-3-2-4-6-11/h2-9H,1H3,(H2,18,19,20,21). The summed E-state index contributed by atoms with van der Waals surface area (Å²) in [6.07, 6.45) is 0. The van der Waals surface area contributed by atoms with Gasteiger partial charge in [0.15, 0.2) is 11.6 Å². The molecule has 2 N–H and O–H groups in total. The number of anilines is 1. The van der Waals surface area contributed by atoms with Crippen molar-refractivity contribution in [2.45, 2.75) is 6.92 Å². The van der Waals surface area contributed by atoms with Crippen molar-refractivity contribution in [1.82, 2.24) is 15.0 Å². The number of nitrogens with zero attached hydrogens (tertiary/aromatic N) is 3.